The van der Waals surface area contributed by atoms with E-state index in [9.17, 15) is 4.79 Å². The fourth-order valence-corrected chi connectivity index (χ4v) is 2.30. The summed E-state index contributed by atoms with van der Waals surface area (Å²) in [5.41, 5.74) is 1.62. The monoisotopic (exact) mass is 258 g/mol. The number of hydrogen-bond donors (Lipinski definition) is 1. The van der Waals surface area contributed by atoms with E-state index in [2.05, 4.69) is 16.3 Å². The molecule has 5 nitrogen and oxygen atoms in total. The van der Waals surface area contributed by atoms with Crippen LogP contribution in [0.5, 0.6) is 0 Å². The first-order valence-electron chi connectivity index (χ1n) is 6.31. The van der Waals surface area contributed by atoms with E-state index in [0.29, 0.717) is 12.1 Å². The highest BCUT2D eigenvalue weighted by molar-refractivity contribution is 5.83. The Labute approximate surface area is 113 Å². The van der Waals surface area contributed by atoms with Crippen LogP contribution in [0.3, 0.4) is 0 Å². The smallest absolute Gasteiger partial charge is 0.242 e. The van der Waals surface area contributed by atoms with Crippen molar-refractivity contribution in [3.63, 3.8) is 0 Å². The second-order valence-electron chi connectivity index (χ2n) is 4.76. The number of piperazine rings is 1. The first kappa shape index (κ1) is 13.4. The summed E-state index contributed by atoms with van der Waals surface area (Å²) in [4.78, 5) is 15.9. The van der Waals surface area contributed by atoms with Gasteiger partial charge in [0.05, 0.1) is 24.2 Å². The van der Waals surface area contributed by atoms with Crippen LogP contribution in [0, 0.1) is 11.3 Å². The lowest BCUT2D eigenvalue weighted by Gasteiger charge is -2.40. The fourth-order valence-electron chi connectivity index (χ4n) is 2.30. The van der Waals surface area contributed by atoms with E-state index in [-0.39, 0.29) is 11.9 Å². The minimum atomic E-state index is 0.121. The molecule has 0 spiro atoms. The lowest BCUT2D eigenvalue weighted by Crippen LogP contribution is -2.57. The third kappa shape index (κ3) is 2.85. The van der Waals surface area contributed by atoms with Gasteiger partial charge in [0.1, 0.15) is 0 Å². The predicted octanol–water partition coefficient (Wildman–Crippen LogP) is 0.425. The molecule has 1 aliphatic heterocycles. The highest BCUT2D eigenvalue weighted by Gasteiger charge is 2.29. The molecule has 1 fully saturated rings. The summed E-state index contributed by atoms with van der Waals surface area (Å²) in [6.07, 6.45) is 0. The molecule has 2 rings (SSSR count). The lowest BCUT2D eigenvalue weighted by molar-refractivity contribution is -0.131. The van der Waals surface area contributed by atoms with E-state index < -0.39 is 0 Å². The zero-order chi connectivity index (χ0) is 13.8. The molecule has 1 aromatic carbocycles. The maximum absolute atomic E-state index is 12.0. The van der Waals surface area contributed by atoms with E-state index >= 15 is 0 Å². The molecule has 1 unspecified atom stereocenters. The zero-order valence-corrected chi connectivity index (χ0v) is 11.3. The van der Waals surface area contributed by atoms with Gasteiger partial charge in [0.15, 0.2) is 0 Å². The Kier molecular flexibility index (Phi) is 4.03. The van der Waals surface area contributed by atoms with Gasteiger partial charge in [-0.2, -0.15) is 5.26 Å². The van der Waals surface area contributed by atoms with Crippen LogP contribution >= 0.6 is 0 Å². The summed E-state index contributed by atoms with van der Waals surface area (Å²) in [6.45, 7) is 1.96. The van der Waals surface area contributed by atoms with Crippen LogP contribution in [0.2, 0.25) is 0 Å². The number of nitrogens with one attached hydrogen (secondary N) is 1. The quantitative estimate of drug-likeness (QED) is 0.854. The molecule has 1 amide bonds. The number of hydrogen-bond acceptors (Lipinski definition) is 4. The number of carbonyl (C=O) groups excluding carboxylic acids is 1. The first-order chi connectivity index (χ1) is 9.15. The van der Waals surface area contributed by atoms with Gasteiger partial charge in [0.25, 0.3) is 0 Å². The Morgan fingerprint density at radius 3 is 2.68 bits per heavy atom. The van der Waals surface area contributed by atoms with Gasteiger partial charge < -0.3 is 15.1 Å². The Morgan fingerprint density at radius 2 is 2.11 bits per heavy atom. The number of nitrogens with zero attached hydrogens (tertiary/aromatic N) is 3. The van der Waals surface area contributed by atoms with E-state index in [1.807, 2.05) is 26.2 Å². The molecule has 0 bridgehead atoms. The third-order valence-electron chi connectivity index (χ3n) is 3.50. The van der Waals surface area contributed by atoms with Gasteiger partial charge in [-0.25, -0.2) is 0 Å². The Morgan fingerprint density at radius 1 is 1.42 bits per heavy atom. The minimum Gasteiger partial charge on any atom is -0.360 e. The summed E-state index contributed by atoms with van der Waals surface area (Å²) in [5, 5.41) is 11.9. The topological polar surface area (TPSA) is 59.4 Å². The maximum Gasteiger partial charge on any atom is 0.242 e. The minimum absolute atomic E-state index is 0.121. The van der Waals surface area contributed by atoms with E-state index in [4.69, 9.17) is 5.26 Å². The normalized spacial score (nSPS) is 19.4. The van der Waals surface area contributed by atoms with E-state index in [0.717, 1.165) is 18.8 Å². The molecule has 1 aromatic rings. The number of nitriles is 1. The highest BCUT2D eigenvalue weighted by Crippen LogP contribution is 2.19. The van der Waals surface area contributed by atoms with Crippen molar-refractivity contribution in [3.8, 4) is 6.07 Å². The molecule has 19 heavy (non-hydrogen) atoms. The van der Waals surface area contributed by atoms with Gasteiger partial charge in [-0.05, 0) is 31.3 Å². The van der Waals surface area contributed by atoms with Gasteiger partial charge in [-0.15, -0.1) is 0 Å². The van der Waals surface area contributed by atoms with E-state index in [1.165, 1.54) is 0 Å². The highest BCUT2D eigenvalue weighted by atomic mass is 16.2. The molecule has 1 aliphatic rings. The van der Waals surface area contributed by atoms with Crippen molar-refractivity contribution in [1.82, 2.24) is 10.2 Å². The number of anilines is 1. The average Bonchev–Trinajstić information content (AvgIpc) is 2.44. The molecule has 1 N–H and O–H groups in total. The second kappa shape index (κ2) is 5.72. The van der Waals surface area contributed by atoms with Crippen LogP contribution in [0.1, 0.15) is 5.56 Å². The summed E-state index contributed by atoms with van der Waals surface area (Å²) >= 11 is 0. The van der Waals surface area contributed by atoms with Crippen LogP contribution in [0.15, 0.2) is 24.3 Å². The fraction of sp³-hybridized carbons (Fsp3) is 0.429. The lowest BCUT2D eigenvalue weighted by atomic mass is 10.1. The van der Waals surface area contributed by atoms with E-state index in [1.54, 1.807) is 17.0 Å². The number of rotatable bonds is 3. The van der Waals surface area contributed by atoms with Crippen molar-refractivity contribution >= 4 is 11.6 Å². The molecule has 100 valence electrons. The van der Waals surface area contributed by atoms with Crippen molar-refractivity contribution < 1.29 is 4.79 Å². The molecule has 1 atom stereocenters. The standard InChI is InChI=1S/C14H18N4O/c1-16-8-13-9-18(10-14(19)17(13)2)12-5-3-11(7-15)4-6-12/h3-6,13,16H,8-10H2,1-2H3. The van der Waals surface area contributed by atoms with Gasteiger partial charge in [0, 0.05) is 25.8 Å². The number of benzene rings is 1. The van der Waals surface area contributed by atoms with Crippen LogP contribution in [0.25, 0.3) is 0 Å². The number of likely N-dealkylation sites (N-methyl/N-ethyl adjacent to an activating group) is 2. The van der Waals surface area contributed by atoms with Gasteiger partial charge in [-0.1, -0.05) is 0 Å². The maximum atomic E-state index is 12.0. The molecule has 0 radical (unpaired) electrons. The summed E-state index contributed by atoms with van der Waals surface area (Å²) in [7, 11) is 3.74. The molecule has 0 aromatic heterocycles. The number of carbonyl (C=O) groups is 1. The van der Waals surface area contributed by atoms with Crippen molar-refractivity contribution in [2.24, 2.45) is 0 Å². The Hall–Kier alpha value is -2.06. The van der Waals surface area contributed by atoms with Crippen molar-refractivity contribution in [3.05, 3.63) is 29.8 Å². The van der Waals surface area contributed by atoms with Crippen molar-refractivity contribution in [2.45, 2.75) is 6.04 Å². The molecule has 0 saturated carbocycles. The number of amides is 1. The Bertz CT molecular complexity index is 491. The second-order valence-corrected chi connectivity index (χ2v) is 4.76. The summed E-state index contributed by atoms with van der Waals surface area (Å²) < 4.78 is 0. The molecule has 0 aliphatic carbocycles. The summed E-state index contributed by atoms with van der Waals surface area (Å²) in [5.74, 6) is 0.121. The Balaban J connectivity index is 2.15. The van der Waals surface area contributed by atoms with Crippen LogP contribution in [0.4, 0.5) is 5.69 Å². The molecular formula is C14H18N4O. The van der Waals surface area contributed by atoms with Crippen molar-refractivity contribution in [2.75, 3.05) is 38.6 Å². The predicted molar refractivity (Wildman–Crippen MR) is 73.9 cm³/mol. The molecular weight excluding hydrogens is 240 g/mol. The van der Waals surface area contributed by atoms with Crippen molar-refractivity contribution in [1.29, 1.82) is 5.26 Å². The van der Waals surface area contributed by atoms with Gasteiger partial charge >= 0.3 is 0 Å². The van der Waals surface area contributed by atoms with Crippen LogP contribution < -0.4 is 10.2 Å². The molecule has 1 heterocycles. The molecule has 1 saturated heterocycles. The first-order valence-corrected chi connectivity index (χ1v) is 6.31. The van der Waals surface area contributed by atoms with Crippen LogP contribution in [-0.4, -0.2) is 50.6 Å². The summed E-state index contributed by atoms with van der Waals surface area (Å²) in [6, 6.07) is 9.63. The largest absolute Gasteiger partial charge is 0.360 e. The van der Waals surface area contributed by atoms with Gasteiger partial charge in [-0.3, -0.25) is 4.79 Å². The SMILES string of the molecule is CNCC1CN(c2ccc(C#N)cc2)CC(=O)N1C. The third-order valence-corrected chi connectivity index (χ3v) is 3.50. The average molecular weight is 258 g/mol. The van der Waals surface area contributed by atoms with Crippen LogP contribution in [-0.2, 0) is 4.79 Å². The van der Waals surface area contributed by atoms with Gasteiger partial charge in [0.2, 0.25) is 5.91 Å². The zero-order valence-electron chi connectivity index (χ0n) is 11.3. The molecule has 5 heteroatoms.